The molecule has 0 radical (unpaired) electrons. The van der Waals surface area contributed by atoms with Gasteiger partial charge in [-0.2, -0.15) is 0 Å². The van der Waals surface area contributed by atoms with Crippen molar-refractivity contribution in [1.29, 1.82) is 0 Å². The molecule has 1 rings (SSSR count). The number of rotatable bonds is 1. The van der Waals surface area contributed by atoms with E-state index in [1.807, 2.05) is 29.5 Å². The first-order valence-electron chi connectivity index (χ1n) is 2.41. The predicted octanol–water partition coefficient (Wildman–Crippen LogP) is 1.14. The summed E-state index contributed by atoms with van der Waals surface area (Å²) >= 11 is 2.03. The number of nitrogens with zero attached hydrogens (tertiary/aromatic N) is 1. The lowest BCUT2D eigenvalue weighted by atomic mass is 10.5. The Labute approximate surface area is 66.0 Å². The van der Waals surface area contributed by atoms with E-state index in [1.165, 1.54) is 0 Å². The normalized spacial score (nSPS) is 9.56. The van der Waals surface area contributed by atoms with Crippen molar-refractivity contribution in [2.24, 2.45) is 0 Å². The number of aldehydes is 1. The van der Waals surface area contributed by atoms with Gasteiger partial charge >= 0.3 is 0 Å². The van der Waals surface area contributed by atoms with Crippen molar-refractivity contribution in [2.45, 2.75) is 6.92 Å². The number of carbonyl (C=O) groups excluding carboxylic acids is 1. The Hall–Kier alpha value is -0.390. The molecule has 4 heteroatoms. The van der Waals surface area contributed by atoms with Gasteiger partial charge in [0.2, 0.25) is 0 Å². The maximum absolute atomic E-state index is 10.2. The SMILES string of the molecule is Cc1nc(C=O)c(I)[nH]1. The fraction of sp³-hybridized carbons (Fsp3) is 0.200. The Morgan fingerprint density at radius 3 is 2.67 bits per heavy atom. The summed E-state index contributed by atoms with van der Waals surface area (Å²) in [6.45, 7) is 1.81. The molecule has 1 heterocycles. The van der Waals surface area contributed by atoms with Crippen molar-refractivity contribution in [3.63, 3.8) is 0 Å². The highest BCUT2D eigenvalue weighted by atomic mass is 127. The molecule has 0 saturated carbocycles. The van der Waals surface area contributed by atoms with Crippen LogP contribution in [0.4, 0.5) is 0 Å². The van der Waals surface area contributed by atoms with Crippen LogP contribution in [0.3, 0.4) is 0 Å². The Kier molecular flexibility index (Phi) is 1.84. The van der Waals surface area contributed by atoms with Crippen molar-refractivity contribution in [2.75, 3.05) is 0 Å². The van der Waals surface area contributed by atoms with Gasteiger partial charge in [0.1, 0.15) is 15.2 Å². The summed E-state index contributed by atoms with van der Waals surface area (Å²) in [5.41, 5.74) is 0.494. The van der Waals surface area contributed by atoms with Gasteiger partial charge in [0.05, 0.1) is 0 Å². The molecule has 0 aliphatic rings. The van der Waals surface area contributed by atoms with Gasteiger partial charge in [0.25, 0.3) is 0 Å². The van der Waals surface area contributed by atoms with Gasteiger partial charge in [-0.25, -0.2) is 4.98 Å². The van der Waals surface area contributed by atoms with Crippen LogP contribution in [0.25, 0.3) is 0 Å². The van der Waals surface area contributed by atoms with E-state index < -0.39 is 0 Å². The van der Waals surface area contributed by atoms with Gasteiger partial charge in [0, 0.05) is 0 Å². The van der Waals surface area contributed by atoms with Crippen molar-refractivity contribution in [3.8, 4) is 0 Å². The smallest absolute Gasteiger partial charge is 0.171 e. The van der Waals surface area contributed by atoms with Gasteiger partial charge in [-0.15, -0.1) is 0 Å². The second kappa shape index (κ2) is 2.47. The minimum Gasteiger partial charge on any atom is -0.337 e. The number of hydrogen-bond donors (Lipinski definition) is 1. The summed E-state index contributed by atoms with van der Waals surface area (Å²) < 4.78 is 0.806. The Balaban J connectivity index is 3.15. The molecule has 0 fully saturated rings. The molecule has 0 saturated heterocycles. The molecule has 9 heavy (non-hydrogen) atoms. The zero-order chi connectivity index (χ0) is 6.85. The van der Waals surface area contributed by atoms with E-state index in [4.69, 9.17) is 0 Å². The van der Waals surface area contributed by atoms with Crippen molar-refractivity contribution in [1.82, 2.24) is 9.97 Å². The topological polar surface area (TPSA) is 45.8 Å². The maximum atomic E-state index is 10.2. The van der Waals surface area contributed by atoms with Crippen LogP contribution < -0.4 is 0 Å². The minimum atomic E-state index is 0.494. The van der Waals surface area contributed by atoms with E-state index in [-0.39, 0.29) is 0 Å². The third-order valence-electron chi connectivity index (χ3n) is 0.915. The van der Waals surface area contributed by atoms with Gasteiger partial charge in [-0.05, 0) is 29.5 Å². The third kappa shape index (κ3) is 1.29. The number of hydrogen-bond acceptors (Lipinski definition) is 2. The van der Waals surface area contributed by atoms with Crippen LogP contribution in [0.2, 0.25) is 0 Å². The molecule has 1 N–H and O–H groups in total. The summed E-state index contributed by atoms with van der Waals surface area (Å²) in [5.74, 6) is 0.779. The summed E-state index contributed by atoms with van der Waals surface area (Å²) in [7, 11) is 0. The number of carbonyl (C=O) groups is 1. The molecule has 0 atom stereocenters. The summed E-state index contributed by atoms with van der Waals surface area (Å²) in [6, 6.07) is 0. The number of nitrogens with one attached hydrogen (secondary N) is 1. The standard InChI is InChI=1S/C5H5IN2O/c1-3-7-4(2-9)5(6)8-3/h2H,1H3,(H,7,8). The molecule has 0 aliphatic carbocycles. The third-order valence-corrected chi connectivity index (χ3v) is 1.74. The summed E-state index contributed by atoms with van der Waals surface area (Å²) in [6.07, 6.45) is 0.741. The number of H-pyrrole nitrogens is 1. The molecule has 3 nitrogen and oxygen atoms in total. The molecular formula is C5H5IN2O. The first-order valence-corrected chi connectivity index (χ1v) is 3.49. The first kappa shape index (κ1) is 6.73. The zero-order valence-corrected chi connectivity index (χ0v) is 6.97. The molecular weight excluding hydrogens is 231 g/mol. The molecule has 0 unspecified atom stereocenters. The molecule has 1 aromatic heterocycles. The minimum absolute atomic E-state index is 0.494. The van der Waals surface area contributed by atoms with Crippen molar-refractivity contribution < 1.29 is 4.79 Å². The number of imidazole rings is 1. The highest BCUT2D eigenvalue weighted by Gasteiger charge is 2.01. The van der Waals surface area contributed by atoms with Crippen LogP contribution in [0.5, 0.6) is 0 Å². The molecule has 0 aliphatic heterocycles. The molecule has 48 valence electrons. The number of halogens is 1. The van der Waals surface area contributed by atoms with Crippen LogP contribution in [-0.4, -0.2) is 16.3 Å². The van der Waals surface area contributed by atoms with Gasteiger partial charge in [-0.1, -0.05) is 0 Å². The molecule has 0 amide bonds. The van der Waals surface area contributed by atoms with E-state index >= 15 is 0 Å². The number of aromatic nitrogens is 2. The highest BCUT2D eigenvalue weighted by molar-refractivity contribution is 14.1. The average molecular weight is 236 g/mol. The van der Waals surface area contributed by atoms with Gasteiger partial charge in [0.15, 0.2) is 6.29 Å². The lowest BCUT2D eigenvalue weighted by molar-refractivity contribution is 0.111. The predicted molar refractivity (Wildman–Crippen MR) is 41.4 cm³/mol. The van der Waals surface area contributed by atoms with Crippen LogP contribution in [0.1, 0.15) is 16.3 Å². The lowest BCUT2D eigenvalue weighted by Crippen LogP contribution is -1.80. The molecule has 0 aromatic carbocycles. The Morgan fingerprint density at radius 2 is 2.44 bits per heavy atom. The second-order valence-electron chi connectivity index (χ2n) is 1.64. The molecule has 1 aromatic rings. The zero-order valence-electron chi connectivity index (χ0n) is 4.81. The van der Waals surface area contributed by atoms with Gasteiger partial charge in [-0.3, -0.25) is 4.79 Å². The fourth-order valence-electron chi connectivity index (χ4n) is 0.559. The maximum Gasteiger partial charge on any atom is 0.171 e. The Bertz CT molecular complexity index is 231. The lowest BCUT2D eigenvalue weighted by Gasteiger charge is -1.76. The van der Waals surface area contributed by atoms with E-state index in [2.05, 4.69) is 9.97 Å². The fourth-order valence-corrected chi connectivity index (χ4v) is 1.20. The molecule has 0 bridgehead atoms. The van der Waals surface area contributed by atoms with Gasteiger partial charge < -0.3 is 4.98 Å². The van der Waals surface area contributed by atoms with E-state index in [1.54, 1.807) is 0 Å². The van der Waals surface area contributed by atoms with Crippen LogP contribution in [-0.2, 0) is 0 Å². The second-order valence-corrected chi connectivity index (χ2v) is 2.72. The Morgan fingerprint density at radius 1 is 1.78 bits per heavy atom. The average Bonchev–Trinajstić information content (AvgIpc) is 2.10. The van der Waals surface area contributed by atoms with Crippen LogP contribution >= 0.6 is 22.6 Å². The van der Waals surface area contributed by atoms with Crippen LogP contribution in [0, 0.1) is 10.6 Å². The van der Waals surface area contributed by atoms with E-state index in [9.17, 15) is 4.79 Å². The largest absolute Gasteiger partial charge is 0.337 e. The quantitative estimate of drug-likeness (QED) is 0.586. The number of aromatic amines is 1. The van der Waals surface area contributed by atoms with Crippen molar-refractivity contribution >= 4 is 28.9 Å². The highest BCUT2D eigenvalue weighted by Crippen LogP contribution is 2.05. The van der Waals surface area contributed by atoms with Crippen molar-refractivity contribution in [3.05, 3.63) is 15.2 Å². The van der Waals surface area contributed by atoms with E-state index in [0.717, 1.165) is 15.8 Å². The summed E-state index contributed by atoms with van der Waals surface area (Å²) in [5, 5.41) is 0. The monoisotopic (exact) mass is 236 g/mol. The number of aryl methyl sites for hydroxylation is 1. The molecule has 0 spiro atoms. The first-order chi connectivity index (χ1) is 4.24. The summed E-state index contributed by atoms with van der Waals surface area (Å²) in [4.78, 5) is 17.0. The van der Waals surface area contributed by atoms with E-state index in [0.29, 0.717) is 5.69 Å². The van der Waals surface area contributed by atoms with Crippen LogP contribution in [0.15, 0.2) is 0 Å².